The molecule has 23 nitrogen and oxygen atoms in total. The van der Waals surface area contributed by atoms with Crippen molar-refractivity contribution in [2.45, 2.75) is 125 Å². The van der Waals surface area contributed by atoms with Gasteiger partial charge < -0.3 is 75.0 Å². The second-order valence-corrected chi connectivity index (χ2v) is 35.7. The van der Waals surface area contributed by atoms with E-state index < -0.39 is 0 Å². The van der Waals surface area contributed by atoms with Crippen molar-refractivity contribution in [3.05, 3.63) is 276 Å². The fourth-order valence-electron chi connectivity index (χ4n) is 16.0. The lowest BCUT2D eigenvalue weighted by atomic mass is 10.1. The molecule has 2 aliphatic rings. The average molecular weight is 1780 g/mol. The van der Waals surface area contributed by atoms with E-state index in [9.17, 15) is 0 Å². The Bertz CT molecular complexity index is 6050. The molecule has 0 bridgehead atoms. The summed E-state index contributed by atoms with van der Waals surface area (Å²) in [6.07, 6.45) is 12.6. The van der Waals surface area contributed by atoms with Gasteiger partial charge in [-0.1, -0.05) is 80.9 Å². The van der Waals surface area contributed by atoms with Crippen LogP contribution in [0, 0.1) is 0 Å². The lowest BCUT2D eigenvalue weighted by Gasteiger charge is -2.30. The van der Waals surface area contributed by atoms with Crippen LogP contribution in [0.2, 0.25) is 0 Å². The van der Waals surface area contributed by atoms with Crippen LogP contribution in [0.25, 0.3) is 44.1 Å². The van der Waals surface area contributed by atoms with Crippen LogP contribution in [-0.2, 0) is 51.7 Å². The molecule has 0 atom stereocenters. The molecule has 0 saturated carbocycles. The van der Waals surface area contributed by atoms with Gasteiger partial charge in [-0.05, 0) is 291 Å². The first-order chi connectivity index (χ1) is 62.0. The van der Waals surface area contributed by atoms with E-state index in [0.29, 0.717) is 49.2 Å². The molecule has 2 aliphatic heterocycles. The van der Waals surface area contributed by atoms with Crippen LogP contribution < -0.4 is 37.1 Å². The summed E-state index contributed by atoms with van der Waals surface area (Å²) in [4.78, 5) is 51.7. The molecule has 0 amide bonds. The fourth-order valence-corrected chi connectivity index (χ4v) is 18.5. The van der Waals surface area contributed by atoms with Crippen LogP contribution >= 0.6 is 45.3 Å². The predicted molar refractivity (Wildman–Crippen MR) is 531 cm³/mol. The van der Waals surface area contributed by atoms with E-state index in [0.717, 1.165) is 213 Å². The highest BCUT2D eigenvalue weighted by molar-refractivity contribution is 7.13. The Kier molecular flexibility index (Phi) is 32.9. The monoisotopic (exact) mass is 1780 g/mol. The standard InChI is InChI=1S/C28H33N5OS.C28H35N5OS.C26H31N5OS.C18H21N5S/c1-2-34-23-11-8-21(9-12-23)19-27-31-24-20-22(30-28(29)26-7-6-18-35-26)10-13-25(24)33(27)17-16-32-14-4-3-5-15-32;1-4-32(5-2)17-18-33-25-15-12-22(30-28(29)26-8-7-19-35-26)20-24(25)31-27(33)16-11-21-9-13-23(14-10-21)34-6-3;1-4-32-21-11-7-19(8-12-21)9-14-25-29-22-18-20(28-26(27)24-6-5-17-33-24)10-13-23(22)31(25)16-15-30(2)3;1-22-8-6-14(7-9-22)23-12-20-15-11-13(4-5-16(15)23)21-18(19)17-3-2-10-24-17/h6-13,18,20H,2-5,14-17,19H2,1H3,(H2,29,30);7-10,12-15,19-20H,4-6,11,16-18H2,1-3H3,(H2,29,30);5-8,10-13,17-18H,4,9,14-16H2,1-3H3,(H2,27,28);2-5,10-12,14H,6-9H2,1H3,(H2,19,21). The van der Waals surface area contributed by atoms with Crippen molar-refractivity contribution in [1.29, 1.82) is 0 Å². The van der Waals surface area contributed by atoms with E-state index in [1.807, 2.05) is 176 Å². The van der Waals surface area contributed by atoms with E-state index in [-0.39, 0.29) is 0 Å². The van der Waals surface area contributed by atoms with Crippen LogP contribution in [0.15, 0.2) is 242 Å². The third-order valence-corrected chi connectivity index (χ3v) is 26.5. The lowest BCUT2D eigenvalue weighted by Crippen LogP contribution is -2.32. The highest BCUT2D eigenvalue weighted by Crippen LogP contribution is 2.33. The SMILES string of the molecule is CCOc1ccc(CCc2nc3cc(N=C(N)c4cccs4)ccc3n2CCN(C)C)cc1.CCOc1ccc(CCc2nc3cc(N=C(N)c4cccs4)ccc3n2CCN(CC)CC)cc1.CCOc1ccc(Cc2nc3cc(N=C(N)c4cccs4)ccc3n2CCN2CCCCC2)cc1.CN1CCC(n2cnc3cc(N=C(N)c4cccs4)ccc32)CC1. The second-order valence-electron chi connectivity index (χ2n) is 32.0. The number of aromatic nitrogens is 8. The van der Waals surface area contributed by atoms with Crippen molar-refractivity contribution in [3.8, 4) is 17.2 Å². The summed E-state index contributed by atoms with van der Waals surface area (Å²) < 4.78 is 26.2. The lowest BCUT2D eigenvalue weighted by molar-refractivity contribution is 0.221. The van der Waals surface area contributed by atoms with Crippen LogP contribution in [0.4, 0.5) is 22.7 Å². The van der Waals surface area contributed by atoms with Gasteiger partial charge in [0.15, 0.2) is 0 Å². The maximum Gasteiger partial charge on any atom is 0.141 e. The number of rotatable bonds is 34. The summed E-state index contributed by atoms with van der Waals surface area (Å²) >= 11 is 6.38. The smallest absolute Gasteiger partial charge is 0.141 e. The van der Waals surface area contributed by atoms with Crippen molar-refractivity contribution in [1.82, 2.24) is 57.8 Å². The van der Waals surface area contributed by atoms with E-state index in [1.165, 1.54) is 67.4 Å². The summed E-state index contributed by atoms with van der Waals surface area (Å²) in [5.74, 6) is 8.17. The maximum absolute atomic E-state index is 6.24. The minimum Gasteiger partial charge on any atom is -0.494 e. The Labute approximate surface area is 762 Å². The highest BCUT2D eigenvalue weighted by Gasteiger charge is 2.23. The van der Waals surface area contributed by atoms with Gasteiger partial charge in [0.05, 0.1) is 113 Å². The Morgan fingerprint density at radius 1 is 0.409 bits per heavy atom. The number of thiophene rings is 4. The number of nitrogens with two attached hydrogens (primary N) is 4. The number of amidine groups is 4. The van der Waals surface area contributed by atoms with E-state index in [2.05, 4.69) is 165 Å². The first-order valence-corrected chi connectivity index (χ1v) is 48.0. The van der Waals surface area contributed by atoms with Crippen LogP contribution in [0.5, 0.6) is 17.2 Å². The van der Waals surface area contributed by atoms with Gasteiger partial charge >= 0.3 is 0 Å². The van der Waals surface area contributed by atoms with Gasteiger partial charge in [0.2, 0.25) is 0 Å². The molecule has 0 radical (unpaired) electrons. The molecule has 2 saturated heterocycles. The van der Waals surface area contributed by atoms with Crippen molar-refractivity contribution in [2.24, 2.45) is 42.9 Å². The van der Waals surface area contributed by atoms with Gasteiger partial charge in [-0.25, -0.2) is 39.9 Å². The molecular formula is C100H120N20O3S4. The molecule has 7 aromatic carbocycles. The van der Waals surface area contributed by atoms with Crippen LogP contribution in [-0.4, -0.2) is 181 Å². The number of nitrogens with zero attached hydrogens (tertiary/aromatic N) is 16. The molecule has 15 aromatic rings. The number of hydrogen-bond acceptors (Lipinski definition) is 19. The number of hydrogen-bond donors (Lipinski definition) is 4. The number of imidazole rings is 4. The molecule has 127 heavy (non-hydrogen) atoms. The number of aryl methyl sites for hydroxylation is 4. The third kappa shape index (κ3) is 25.2. The Hall–Kier alpha value is -11.7. The molecule has 10 heterocycles. The topological polar surface area (TPSA) is 265 Å². The summed E-state index contributed by atoms with van der Waals surface area (Å²) in [6.45, 7) is 25.0. The van der Waals surface area contributed by atoms with Crippen LogP contribution in [0.3, 0.4) is 0 Å². The molecule has 17 rings (SSSR count). The number of ether oxygens (including phenoxy) is 3. The minimum absolute atomic E-state index is 0.534. The van der Waals surface area contributed by atoms with Crippen LogP contribution in [0.1, 0.15) is 126 Å². The van der Waals surface area contributed by atoms with E-state index in [4.69, 9.17) is 52.1 Å². The van der Waals surface area contributed by atoms with Gasteiger partial charge in [0, 0.05) is 64.6 Å². The van der Waals surface area contributed by atoms with Gasteiger partial charge in [-0.2, -0.15) is 0 Å². The minimum atomic E-state index is 0.534. The summed E-state index contributed by atoms with van der Waals surface area (Å²) in [5, 5.41) is 8.03. The Balaban J connectivity index is 0.000000138. The Morgan fingerprint density at radius 3 is 1.17 bits per heavy atom. The fraction of sp³-hybridized carbons (Fsp3) is 0.340. The molecule has 8 aromatic heterocycles. The summed E-state index contributed by atoms with van der Waals surface area (Å²) in [7, 11) is 6.38. The molecule has 8 N–H and O–H groups in total. The molecule has 0 aliphatic carbocycles. The average Bonchev–Trinajstić information content (AvgIpc) is 1.65. The van der Waals surface area contributed by atoms with Gasteiger partial charge in [-0.15, -0.1) is 45.3 Å². The molecule has 0 spiro atoms. The van der Waals surface area contributed by atoms with Crippen molar-refractivity contribution in [2.75, 3.05) is 99.9 Å². The quantitative estimate of drug-likeness (QED) is 0.0216. The number of likely N-dealkylation sites (N-methyl/N-ethyl adjacent to an activating group) is 2. The zero-order chi connectivity index (χ0) is 88.4. The van der Waals surface area contributed by atoms with Gasteiger partial charge in [0.25, 0.3) is 0 Å². The van der Waals surface area contributed by atoms with Crippen molar-refractivity contribution < 1.29 is 14.2 Å². The maximum atomic E-state index is 6.24. The molecule has 662 valence electrons. The number of benzene rings is 7. The van der Waals surface area contributed by atoms with E-state index >= 15 is 0 Å². The number of piperidine rings is 2. The Morgan fingerprint density at radius 2 is 0.787 bits per heavy atom. The second kappa shape index (κ2) is 45.7. The summed E-state index contributed by atoms with van der Waals surface area (Å²) in [6, 6.07) is 66.3. The van der Waals surface area contributed by atoms with Crippen molar-refractivity contribution in [3.63, 3.8) is 0 Å². The number of fused-ring (bicyclic) bond motifs is 4. The molecule has 0 unspecified atom stereocenters. The molecule has 2 fully saturated rings. The first kappa shape index (κ1) is 91.5. The first-order valence-electron chi connectivity index (χ1n) is 44.4. The molecule has 27 heteroatoms. The number of likely N-dealkylation sites (tertiary alicyclic amines) is 2. The normalized spacial score (nSPS) is 13.9. The van der Waals surface area contributed by atoms with Gasteiger partial charge in [0.1, 0.15) is 58.1 Å². The van der Waals surface area contributed by atoms with Crippen molar-refractivity contribution >= 4 is 136 Å². The molecular weight excluding hydrogens is 1660 g/mol. The van der Waals surface area contributed by atoms with Gasteiger partial charge in [-0.3, -0.25) is 0 Å². The highest BCUT2D eigenvalue weighted by atomic mass is 32.1. The zero-order valence-corrected chi connectivity index (χ0v) is 77.7. The summed E-state index contributed by atoms with van der Waals surface area (Å²) in [5.41, 5.74) is 40.3. The number of aliphatic imine (C=N–C) groups is 4. The zero-order valence-electron chi connectivity index (χ0n) is 74.4. The largest absolute Gasteiger partial charge is 0.494 e. The van der Waals surface area contributed by atoms with E-state index in [1.54, 1.807) is 45.3 Å². The third-order valence-electron chi connectivity index (χ3n) is 22.9. The predicted octanol–water partition coefficient (Wildman–Crippen LogP) is 19.6.